The summed E-state index contributed by atoms with van der Waals surface area (Å²) >= 11 is 6.25. The van der Waals surface area contributed by atoms with Gasteiger partial charge in [-0.3, -0.25) is 4.98 Å². The first-order chi connectivity index (χ1) is 9.34. The maximum atomic E-state index is 6.25. The number of nitrogens with zero attached hydrogens (tertiary/aromatic N) is 3. The lowest BCUT2D eigenvalue weighted by Crippen LogP contribution is -2.17. The van der Waals surface area contributed by atoms with Crippen LogP contribution in [-0.4, -0.2) is 22.1 Å². The zero-order valence-electron chi connectivity index (χ0n) is 12.4. The van der Waals surface area contributed by atoms with Crippen LogP contribution >= 0.6 is 11.6 Å². The van der Waals surface area contributed by atoms with Crippen LogP contribution < -0.4 is 4.74 Å². The Morgan fingerprint density at radius 3 is 2.45 bits per heavy atom. The summed E-state index contributed by atoms with van der Waals surface area (Å²) in [6.45, 7) is 8.03. The molecule has 0 spiro atoms. The topological polar surface area (TPSA) is 47.9 Å². The molecule has 106 valence electrons. The summed E-state index contributed by atoms with van der Waals surface area (Å²) in [5, 5.41) is 0.452. The van der Waals surface area contributed by atoms with Crippen LogP contribution in [0.1, 0.15) is 32.2 Å². The van der Waals surface area contributed by atoms with Crippen molar-refractivity contribution in [3.05, 3.63) is 34.9 Å². The smallest absolute Gasteiger partial charge is 0.146 e. The van der Waals surface area contributed by atoms with Crippen LogP contribution in [0.25, 0.3) is 11.4 Å². The van der Waals surface area contributed by atoms with Gasteiger partial charge in [0.15, 0.2) is 0 Å². The molecule has 0 aliphatic heterocycles. The maximum absolute atomic E-state index is 6.25. The van der Waals surface area contributed by atoms with Crippen LogP contribution in [0.15, 0.2) is 18.3 Å². The van der Waals surface area contributed by atoms with Crippen molar-refractivity contribution >= 4 is 11.6 Å². The summed E-state index contributed by atoms with van der Waals surface area (Å²) in [5.41, 5.74) is 2.01. The molecule has 2 rings (SSSR count). The molecule has 0 radical (unpaired) electrons. The van der Waals surface area contributed by atoms with Crippen molar-refractivity contribution in [3.63, 3.8) is 0 Å². The Balaban J connectivity index is 2.70. The van der Waals surface area contributed by atoms with E-state index in [4.69, 9.17) is 16.3 Å². The Morgan fingerprint density at radius 1 is 1.15 bits per heavy atom. The van der Waals surface area contributed by atoms with Crippen molar-refractivity contribution in [2.24, 2.45) is 0 Å². The second-order valence-corrected chi connectivity index (χ2v) is 5.97. The molecule has 2 aromatic rings. The molecule has 0 unspecified atom stereocenters. The van der Waals surface area contributed by atoms with Crippen LogP contribution in [0, 0.1) is 6.92 Å². The molecule has 0 aliphatic carbocycles. The van der Waals surface area contributed by atoms with E-state index in [1.54, 1.807) is 13.3 Å². The van der Waals surface area contributed by atoms with E-state index >= 15 is 0 Å². The summed E-state index contributed by atoms with van der Waals surface area (Å²) < 4.78 is 5.35. The molecule has 0 amide bonds. The van der Waals surface area contributed by atoms with E-state index in [0.717, 1.165) is 5.56 Å². The molecule has 5 heteroatoms. The molecule has 0 N–H and O–H groups in total. The monoisotopic (exact) mass is 291 g/mol. The summed E-state index contributed by atoms with van der Waals surface area (Å²) in [6.07, 6.45) is 1.71. The minimum Gasteiger partial charge on any atom is -0.494 e. The van der Waals surface area contributed by atoms with Gasteiger partial charge in [-0.15, -0.1) is 0 Å². The predicted octanol–water partition coefficient (Wildman–Crippen LogP) is 3.81. The van der Waals surface area contributed by atoms with E-state index in [-0.39, 0.29) is 5.41 Å². The lowest BCUT2D eigenvalue weighted by atomic mass is 9.95. The fraction of sp³-hybridized carbons (Fsp3) is 0.400. The number of hydrogen-bond donors (Lipinski definition) is 0. The van der Waals surface area contributed by atoms with Gasteiger partial charge in [-0.05, 0) is 19.1 Å². The number of hydrogen-bond acceptors (Lipinski definition) is 4. The third-order valence-corrected chi connectivity index (χ3v) is 3.34. The van der Waals surface area contributed by atoms with Gasteiger partial charge in [-0.1, -0.05) is 32.4 Å². The van der Waals surface area contributed by atoms with Gasteiger partial charge in [-0.25, -0.2) is 9.97 Å². The fourth-order valence-corrected chi connectivity index (χ4v) is 1.96. The minimum absolute atomic E-state index is 0.186. The molecular weight excluding hydrogens is 274 g/mol. The van der Waals surface area contributed by atoms with E-state index in [9.17, 15) is 0 Å². The number of ether oxygens (including phenoxy) is 1. The van der Waals surface area contributed by atoms with E-state index in [1.807, 2.05) is 39.8 Å². The molecule has 0 saturated heterocycles. The van der Waals surface area contributed by atoms with Crippen molar-refractivity contribution < 1.29 is 4.74 Å². The van der Waals surface area contributed by atoms with Crippen LogP contribution in [0.5, 0.6) is 5.75 Å². The SMILES string of the molecule is COc1cccnc1-c1nc(C(C)(C)C)nc(Cl)c1C. The number of aromatic nitrogens is 3. The van der Waals surface area contributed by atoms with Crippen molar-refractivity contribution in [3.8, 4) is 17.1 Å². The minimum atomic E-state index is -0.186. The normalized spacial score (nSPS) is 11.5. The Hall–Kier alpha value is -1.68. The van der Waals surface area contributed by atoms with Gasteiger partial charge in [0.2, 0.25) is 0 Å². The predicted molar refractivity (Wildman–Crippen MR) is 80.3 cm³/mol. The molecule has 0 saturated carbocycles. The highest BCUT2D eigenvalue weighted by Gasteiger charge is 2.22. The largest absolute Gasteiger partial charge is 0.494 e. The zero-order valence-corrected chi connectivity index (χ0v) is 13.1. The molecule has 0 atom stereocenters. The highest BCUT2D eigenvalue weighted by atomic mass is 35.5. The first-order valence-corrected chi connectivity index (χ1v) is 6.76. The molecular formula is C15H18ClN3O. The second kappa shape index (κ2) is 5.37. The van der Waals surface area contributed by atoms with E-state index in [1.165, 1.54) is 0 Å². The molecule has 2 heterocycles. The Kier molecular flexibility index (Phi) is 3.95. The Bertz CT molecular complexity index is 636. The van der Waals surface area contributed by atoms with Crippen molar-refractivity contribution in [1.29, 1.82) is 0 Å². The highest BCUT2D eigenvalue weighted by molar-refractivity contribution is 6.30. The molecule has 0 bridgehead atoms. The fourth-order valence-electron chi connectivity index (χ4n) is 1.79. The lowest BCUT2D eigenvalue weighted by molar-refractivity contribution is 0.414. The maximum Gasteiger partial charge on any atom is 0.146 e. The van der Waals surface area contributed by atoms with E-state index in [2.05, 4.69) is 15.0 Å². The van der Waals surface area contributed by atoms with Crippen molar-refractivity contribution in [1.82, 2.24) is 15.0 Å². The Morgan fingerprint density at radius 2 is 1.85 bits per heavy atom. The number of pyridine rings is 1. The van der Waals surface area contributed by atoms with Gasteiger partial charge in [0, 0.05) is 17.2 Å². The number of methoxy groups -OCH3 is 1. The Labute approximate surface area is 124 Å². The van der Waals surface area contributed by atoms with Gasteiger partial charge in [-0.2, -0.15) is 0 Å². The van der Waals surface area contributed by atoms with Crippen LogP contribution in [0.4, 0.5) is 0 Å². The third-order valence-electron chi connectivity index (χ3n) is 2.97. The van der Waals surface area contributed by atoms with Crippen LogP contribution in [0.3, 0.4) is 0 Å². The summed E-state index contributed by atoms with van der Waals surface area (Å²) in [4.78, 5) is 13.4. The van der Waals surface area contributed by atoms with Gasteiger partial charge >= 0.3 is 0 Å². The molecule has 4 nitrogen and oxygen atoms in total. The van der Waals surface area contributed by atoms with E-state index in [0.29, 0.717) is 28.1 Å². The molecule has 2 aromatic heterocycles. The zero-order chi connectivity index (χ0) is 14.9. The van der Waals surface area contributed by atoms with Gasteiger partial charge in [0.1, 0.15) is 28.1 Å². The van der Waals surface area contributed by atoms with Gasteiger partial charge in [0.05, 0.1) is 7.11 Å². The summed E-state index contributed by atoms with van der Waals surface area (Å²) in [7, 11) is 1.61. The standard InChI is InChI=1S/C15H18ClN3O/c1-9-11(12-10(20-5)7-6-8-17-12)18-14(15(2,3)4)19-13(9)16/h6-8H,1-5H3. The average molecular weight is 292 g/mol. The highest BCUT2D eigenvalue weighted by Crippen LogP contribution is 2.32. The molecule has 20 heavy (non-hydrogen) atoms. The number of rotatable bonds is 2. The van der Waals surface area contributed by atoms with Crippen molar-refractivity contribution in [2.45, 2.75) is 33.1 Å². The van der Waals surface area contributed by atoms with E-state index < -0.39 is 0 Å². The first-order valence-electron chi connectivity index (χ1n) is 6.38. The quantitative estimate of drug-likeness (QED) is 0.790. The second-order valence-electron chi connectivity index (χ2n) is 5.62. The average Bonchev–Trinajstić information content (AvgIpc) is 2.40. The van der Waals surface area contributed by atoms with Crippen LogP contribution in [-0.2, 0) is 5.41 Å². The van der Waals surface area contributed by atoms with Crippen molar-refractivity contribution in [2.75, 3.05) is 7.11 Å². The van der Waals surface area contributed by atoms with Gasteiger partial charge in [0.25, 0.3) is 0 Å². The molecule has 0 aliphatic rings. The summed E-state index contributed by atoms with van der Waals surface area (Å²) in [5.74, 6) is 1.36. The van der Waals surface area contributed by atoms with Gasteiger partial charge < -0.3 is 4.74 Å². The van der Waals surface area contributed by atoms with Crippen LogP contribution in [0.2, 0.25) is 5.15 Å². The molecule has 0 aromatic carbocycles. The lowest BCUT2D eigenvalue weighted by Gasteiger charge is -2.19. The summed E-state index contributed by atoms with van der Waals surface area (Å²) in [6, 6.07) is 3.68. The first kappa shape index (κ1) is 14.7. The molecule has 0 fully saturated rings. The number of halogens is 1. The third kappa shape index (κ3) is 2.75.